The molecule has 0 saturated heterocycles. The summed E-state index contributed by atoms with van der Waals surface area (Å²) in [5.74, 6) is 0.741. The maximum absolute atomic E-state index is 10.3. The largest absolute Gasteiger partial charge is 0.496 e. The van der Waals surface area contributed by atoms with E-state index in [1.165, 1.54) is 0 Å². The van der Waals surface area contributed by atoms with Crippen LogP contribution in [-0.4, -0.2) is 37.5 Å². The Morgan fingerprint density at radius 3 is 2.80 bits per heavy atom. The summed E-state index contributed by atoms with van der Waals surface area (Å²) in [6.07, 6.45) is 1.91. The van der Waals surface area contributed by atoms with E-state index in [-0.39, 0.29) is 0 Å². The number of aliphatic hydroxyl groups excluding tert-OH is 1. The van der Waals surface area contributed by atoms with E-state index >= 15 is 0 Å². The summed E-state index contributed by atoms with van der Waals surface area (Å²) in [4.78, 5) is 0. The van der Waals surface area contributed by atoms with Crippen molar-refractivity contribution in [2.24, 2.45) is 0 Å². The van der Waals surface area contributed by atoms with Gasteiger partial charge in [-0.1, -0.05) is 11.6 Å². The van der Waals surface area contributed by atoms with Gasteiger partial charge in [0.05, 0.1) is 19.3 Å². The van der Waals surface area contributed by atoms with Crippen molar-refractivity contribution in [1.29, 1.82) is 0 Å². The highest BCUT2D eigenvalue weighted by molar-refractivity contribution is 5.38. The van der Waals surface area contributed by atoms with Gasteiger partial charge in [-0.05, 0) is 38.8 Å². The molecule has 20 heavy (non-hydrogen) atoms. The first-order chi connectivity index (χ1) is 9.63. The van der Waals surface area contributed by atoms with Crippen LogP contribution in [0.2, 0.25) is 0 Å². The van der Waals surface area contributed by atoms with Gasteiger partial charge in [0.2, 0.25) is 0 Å². The van der Waals surface area contributed by atoms with E-state index in [4.69, 9.17) is 9.47 Å². The van der Waals surface area contributed by atoms with Crippen LogP contribution in [0.15, 0.2) is 18.2 Å². The highest BCUT2D eigenvalue weighted by Crippen LogP contribution is 2.27. The first kappa shape index (κ1) is 15.3. The standard InChI is InChI=1S/C16H25NO3/c1-4-20-13-8-12(9-13)17-10-15(18)14-7-11(2)5-6-16(14)19-3/h5-7,12-13,15,17-18H,4,8-10H2,1-3H3. The lowest BCUT2D eigenvalue weighted by atomic mass is 9.89. The number of nitrogens with one attached hydrogen (secondary N) is 1. The van der Waals surface area contributed by atoms with Crippen LogP contribution in [0.1, 0.15) is 37.0 Å². The van der Waals surface area contributed by atoms with Crippen molar-refractivity contribution in [1.82, 2.24) is 5.32 Å². The molecule has 0 amide bonds. The zero-order valence-corrected chi connectivity index (χ0v) is 12.6. The fraction of sp³-hybridized carbons (Fsp3) is 0.625. The number of methoxy groups -OCH3 is 1. The molecule has 1 aromatic carbocycles. The minimum Gasteiger partial charge on any atom is -0.496 e. The zero-order chi connectivity index (χ0) is 14.5. The van der Waals surface area contributed by atoms with Crippen LogP contribution in [0.25, 0.3) is 0 Å². The maximum Gasteiger partial charge on any atom is 0.124 e. The summed E-state index contributed by atoms with van der Waals surface area (Å²) in [5.41, 5.74) is 1.97. The van der Waals surface area contributed by atoms with Crippen LogP contribution in [0.3, 0.4) is 0 Å². The Morgan fingerprint density at radius 2 is 2.15 bits per heavy atom. The normalized spacial score (nSPS) is 23.2. The summed E-state index contributed by atoms with van der Waals surface area (Å²) in [6, 6.07) is 6.33. The number of rotatable bonds is 7. The summed E-state index contributed by atoms with van der Waals surface area (Å²) < 4.78 is 10.8. The quantitative estimate of drug-likeness (QED) is 0.803. The fourth-order valence-corrected chi connectivity index (χ4v) is 2.61. The van der Waals surface area contributed by atoms with Gasteiger partial charge in [0, 0.05) is 24.8 Å². The lowest BCUT2D eigenvalue weighted by molar-refractivity contribution is -0.0124. The number of ether oxygens (including phenoxy) is 2. The van der Waals surface area contributed by atoms with Crippen LogP contribution < -0.4 is 10.1 Å². The van der Waals surface area contributed by atoms with Gasteiger partial charge in [-0.25, -0.2) is 0 Å². The topological polar surface area (TPSA) is 50.7 Å². The fourth-order valence-electron chi connectivity index (χ4n) is 2.61. The predicted molar refractivity (Wildman–Crippen MR) is 79.1 cm³/mol. The van der Waals surface area contributed by atoms with Gasteiger partial charge in [-0.3, -0.25) is 0 Å². The molecule has 1 unspecified atom stereocenters. The summed E-state index contributed by atoms with van der Waals surface area (Å²) in [6.45, 7) is 5.36. The summed E-state index contributed by atoms with van der Waals surface area (Å²) in [7, 11) is 1.63. The molecule has 1 saturated carbocycles. The second-order valence-corrected chi connectivity index (χ2v) is 5.42. The molecule has 0 aromatic heterocycles. The van der Waals surface area contributed by atoms with E-state index in [0.717, 1.165) is 36.3 Å². The SMILES string of the molecule is CCOC1CC(NCC(O)c2cc(C)ccc2OC)C1. The smallest absolute Gasteiger partial charge is 0.124 e. The van der Waals surface area contributed by atoms with Crippen molar-refractivity contribution in [2.45, 2.75) is 44.9 Å². The first-order valence-corrected chi connectivity index (χ1v) is 7.31. The van der Waals surface area contributed by atoms with Crippen LogP contribution in [-0.2, 0) is 4.74 Å². The number of hydrogen-bond donors (Lipinski definition) is 2. The third kappa shape index (κ3) is 3.72. The number of benzene rings is 1. The summed E-state index contributed by atoms with van der Waals surface area (Å²) in [5, 5.41) is 13.7. The minimum absolute atomic E-state index is 0.392. The van der Waals surface area contributed by atoms with Gasteiger partial charge in [0.1, 0.15) is 5.75 Å². The molecule has 1 fully saturated rings. The van der Waals surface area contributed by atoms with Gasteiger partial charge in [-0.15, -0.1) is 0 Å². The van der Waals surface area contributed by atoms with Crippen molar-refractivity contribution in [3.05, 3.63) is 29.3 Å². The molecular weight excluding hydrogens is 254 g/mol. The van der Waals surface area contributed by atoms with Crippen LogP contribution in [0.4, 0.5) is 0 Å². The molecule has 0 spiro atoms. The van der Waals surface area contributed by atoms with Gasteiger partial charge in [0.25, 0.3) is 0 Å². The van der Waals surface area contributed by atoms with E-state index in [1.807, 2.05) is 32.0 Å². The van der Waals surface area contributed by atoms with Gasteiger partial charge in [0.15, 0.2) is 0 Å². The third-order valence-electron chi connectivity index (χ3n) is 3.84. The molecule has 2 rings (SSSR count). The van der Waals surface area contributed by atoms with Gasteiger partial charge in [-0.2, -0.15) is 0 Å². The second-order valence-electron chi connectivity index (χ2n) is 5.42. The Kier molecular flexibility index (Phi) is 5.40. The second kappa shape index (κ2) is 7.07. The highest BCUT2D eigenvalue weighted by Gasteiger charge is 2.29. The van der Waals surface area contributed by atoms with E-state index in [2.05, 4.69) is 5.32 Å². The van der Waals surface area contributed by atoms with Crippen molar-refractivity contribution < 1.29 is 14.6 Å². The van der Waals surface area contributed by atoms with E-state index in [0.29, 0.717) is 18.7 Å². The van der Waals surface area contributed by atoms with E-state index in [9.17, 15) is 5.11 Å². The molecule has 1 aliphatic rings. The molecule has 0 bridgehead atoms. The first-order valence-electron chi connectivity index (χ1n) is 7.31. The molecule has 0 heterocycles. The molecule has 0 radical (unpaired) electrons. The minimum atomic E-state index is -0.545. The Morgan fingerprint density at radius 1 is 1.40 bits per heavy atom. The zero-order valence-electron chi connectivity index (χ0n) is 12.6. The summed E-state index contributed by atoms with van der Waals surface area (Å²) >= 11 is 0. The average molecular weight is 279 g/mol. The molecule has 4 nitrogen and oxygen atoms in total. The lowest BCUT2D eigenvalue weighted by Gasteiger charge is -2.36. The Labute approximate surface area is 121 Å². The Bertz CT molecular complexity index is 430. The Balaban J connectivity index is 1.83. The average Bonchev–Trinajstić information content (AvgIpc) is 2.40. The molecular formula is C16H25NO3. The molecule has 0 aliphatic heterocycles. The van der Waals surface area contributed by atoms with Crippen molar-refractivity contribution in [2.75, 3.05) is 20.3 Å². The van der Waals surface area contributed by atoms with E-state index < -0.39 is 6.10 Å². The van der Waals surface area contributed by atoms with Crippen LogP contribution in [0.5, 0.6) is 5.75 Å². The molecule has 2 N–H and O–H groups in total. The maximum atomic E-state index is 10.3. The predicted octanol–water partition coefficient (Wildman–Crippen LogP) is 2.19. The third-order valence-corrected chi connectivity index (χ3v) is 3.84. The Hall–Kier alpha value is -1.10. The van der Waals surface area contributed by atoms with Crippen molar-refractivity contribution in [3.8, 4) is 5.75 Å². The molecule has 1 aromatic rings. The number of hydrogen-bond acceptors (Lipinski definition) is 4. The van der Waals surface area contributed by atoms with Gasteiger partial charge >= 0.3 is 0 Å². The van der Waals surface area contributed by atoms with Crippen LogP contribution >= 0.6 is 0 Å². The molecule has 1 aliphatic carbocycles. The van der Waals surface area contributed by atoms with Crippen molar-refractivity contribution >= 4 is 0 Å². The van der Waals surface area contributed by atoms with Crippen molar-refractivity contribution in [3.63, 3.8) is 0 Å². The monoisotopic (exact) mass is 279 g/mol. The van der Waals surface area contributed by atoms with E-state index in [1.54, 1.807) is 7.11 Å². The molecule has 4 heteroatoms. The lowest BCUT2D eigenvalue weighted by Crippen LogP contribution is -2.46. The highest BCUT2D eigenvalue weighted by atomic mass is 16.5. The van der Waals surface area contributed by atoms with Crippen LogP contribution in [0, 0.1) is 6.92 Å². The number of aliphatic hydroxyl groups is 1. The molecule has 112 valence electrons. The number of aryl methyl sites for hydroxylation is 1. The van der Waals surface area contributed by atoms with Gasteiger partial charge < -0.3 is 19.9 Å². The molecule has 1 atom stereocenters.